The number of anilines is 1. The van der Waals surface area contributed by atoms with Gasteiger partial charge in [-0.25, -0.2) is 4.39 Å². The maximum absolute atomic E-state index is 14.1. The van der Waals surface area contributed by atoms with Crippen molar-refractivity contribution in [2.75, 3.05) is 63.6 Å². The van der Waals surface area contributed by atoms with Crippen molar-refractivity contribution in [3.63, 3.8) is 0 Å². The average Bonchev–Trinajstić information content (AvgIpc) is 2.72. The van der Waals surface area contributed by atoms with Crippen molar-refractivity contribution in [3.05, 3.63) is 30.1 Å². The van der Waals surface area contributed by atoms with Crippen LogP contribution < -0.4 is 10.2 Å². The molecule has 0 saturated carbocycles. The van der Waals surface area contributed by atoms with Gasteiger partial charge < -0.3 is 19.9 Å². The summed E-state index contributed by atoms with van der Waals surface area (Å²) >= 11 is 1.92. The van der Waals surface area contributed by atoms with E-state index in [2.05, 4.69) is 28.3 Å². The fourth-order valence-corrected chi connectivity index (χ4v) is 4.45. The predicted molar refractivity (Wildman–Crippen MR) is 112 cm³/mol. The number of thioether (sulfide) groups is 1. The normalized spacial score (nSPS) is 20.6. The van der Waals surface area contributed by atoms with E-state index in [1.165, 1.54) is 6.07 Å². The SMILES string of the molecule is CCNC(=NCC1(SC)CCOCC1)N1CCN(c2ccccc2F)CC1. The predicted octanol–water partition coefficient (Wildman–Crippen LogP) is 2.83. The minimum atomic E-state index is -0.145. The van der Waals surface area contributed by atoms with E-state index in [1.54, 1.807) is 6.07 Å². The molecule has 0 unspecified atom stereocenters. The van der Waals surface area contributed by atoms with E-state index in [0.29, 0.717) is 5.69 Å². The number of nitrogens with one attached hydrogen (secondary N) is 1. The topological polar surface area (TPSA) is 40.1 Å². The van der Waals surface area contributed by atoms with Crippen LogP contribution in [0.5, 0.6) is 0 Å². The molecule has 3 rings (SSSR count). The van der Waals surface area contributed by atoms with Gasteiger partial charge in [0.2, 0.25) is 0 Å². The maximum Gasteiger partial charge on any atom is 0.194 e. The molecule has 1 aromatic rings. The van der Waals surface area contributed by atoms with Gasteiger partial charge in [-0.3, -0.25) is 4.99 Å². The van der Waals surface area contributed by atoms with Gasteiger partial charge in [-0.1, -0.05) is 12.1 Å². The van der Waals surface area contributed by atoms with Crippen LogP contribution in [0.1, 0.15) is 19.8 Å². The van der Waals surface area contributed by atoms with Gasteiger partial charge in [0.25, 0.3) is 0 Å². The summed E-state index contributed by atoms with van der Waals surface area (Å²) in [6.07, 6.45) is 4.29. The van der Waals surface area contributed by atoms with E-state index in [-0.39, 0.29) is 10.6 Å². The molecule has 0 bridgehead atoms. The largest absolute Gasteiger partial charge is 0.381 e. The molecule has 0 aliphatic carbocycles. The second-order valence-corrected chi connectivity index (χ2v) is 8.37. The van der Waals surface area contributed by atoms with Crippen LogP contribution in [0.15, 0.2) is 29.3 Å². The van der Waals surface area contributed by atoms with Crippen LogP contribution in [-0.2, 0) is 4.74 Å². The van der Waals surface area contributed by atoms with Crippen molar-refractivity contribution in [2.45, 2.75) is 24.5 Å². The molecule has 0 radical (unpaired) electrons. The highest BCUT2D eigenvalue weighted by atomic mass is 32.2. The van der Waals surface area contributed by atoms with E-state index < -0.39 is 0 Å². The van der Waals surface area contributed by atoms with Crippen molar-refractivity contribution < 1.29 is 9.13 Å². The number of rotatable bonds is 5. The Hall–Kier alpha value is -1.47. The number of aliphatic imine (C=N–C) groups is 1. The molecule has 1 N–H and O–H groups in total. The molecule has 0 amide bonds. The first-order chi connectivity index (χ1) is 13.2. The molecule has 0 spiro atoms. The number of piperazine rings is 1. The lowest BCUT2D eigenvalue weighted by molar-refractivity contribution is 0.0793. The monoisotopic (exact) mass is 394 g/mol. The van der Waals surface area contributed by atoms with Crippen LogP contribution in [0, 0.1) is 5.82 Å². The Labute approximate surface area is 166 Å². The number of benzene rings is 1. The summed E-state index contributed by atoms with van der Waals surface area (Å²) in [6.45, 7) is 8.70. The van der Waals surface area contributed by atoms with Crippen molar-refractivity contribution in [3.8, 4) is 0 Å². The molecule has 1 aromatic carbocycles. The number of ether oxygens (including phenoxy) is 1. The summed E-state index contributed by atoms with van der Waals surface area (Å²) in [4.78, 5) is 9.40. The lowest BCUT2D eigenvalue weighted by Gasteiger charge is -2.39. The van der Waals surface area contributed by atoms with Crippen molar-refractivity contribution in [2.24, 2.45) is 4.99 Å². The van der Waals surface area contributed by atoms with E-state index >= 15 is 0 Å². The summed E-state index contributed by atoms with van der Waals surface area (Å²) < 4.78 is 19.8. The van der Waals surface area contributed by atoms with Crippen molar-refractivity contribution in [1.29, 1.82) is 0 Å². The van der Waals surface area contributed by atoms with E-state index in [4.69, 9.17) is 9.73 Å². The molecule has 0 atom stereocenters. The molecule has 2 heterocycles. The highest BCUT2D eigenvalue weighted by Crippen LogP contribution is 2.34. The summed E-state index contributed by atoms with van der Waals surface area (Å²) in [6, 6.07) is 7.02. The number of nitrogens with zero attached hydrogens (tertiary/aromatic N) is 3. The Kier molecular flexibility index (Phi) is 7.24. The van der Waals surface area contributed by atoms with Gasteiger partial charge in [0.1, 0.15) is 5.82 Å². The number of halogens is 1. The highest BCUT2D eigenvalue weighted by molar-refractivity contribution is 8.00. The Morgan fingerprint density at radius 2 is 1.93 bits per heavy atom. The van der Waals surface area contributed by atoms with Gasteiger partial charge in [-0.2, -0.15) is 11.8 Å². The molecule has 2 aliphatic rings. The maximum atomic E-state index is 14.1. The van der Waals surface area contributed by atoms with Crippen molar-refractivity contribution >= 4 is 23.4 Å². The van der Waals surface area contributed by atoms with Gasteiger partial charge in [-0.15, -0.1) is 0 Å². The summed E-state index contributed by atoms with van der Waals surface area (Å²) in [5.41, 5.74) is 0.697. The standard InChI is InChI=1S/C20H31FN4OS/c1-3-22-19(23-16-20(27-2)8-14-26-15-9-20)25-12-10-24(11-13-25)18-7-5-4-6-17(18)21/h4-7H,3,8-16H2,1-2H3,(H,22,23). The lowest BCUT2D eigenvalue weighted by Crippen LogP contribution is -2.53. The summed E-state index contributed by atoms with van der Waals surface area (Å²) in [5, 5.41) is 3.44. The van der Waals surface area contributed by atoms with Gasteiger partial charge in [0.05, 0.1) is 12.2 Å². The van der Waals surface area contributed by atoms with E-state index in [1.807, 2.05) is 23.9 Å². The quantitative estimate of drug-likeness (QED) is 0.614. The molecule has 150 valence electrons. The third-order valence-electron chi connectivity index (χ3n) is 5.46. The molecular weight excluding hydrogens is 363 g/mol. The molecule has 27 heavy (non-hydrogen) atoms. The number of hydrogen-bond donors (Lipinski definition) is 1. The molecule has 7 heteroatoms. The summed E-state index contributed by atoms with van der Waals surface area (Å²) in [7, 11) is 0. The van der Waals surface area contributed by atoms with Crippen LogP contribution in [0.2, 0.25) is 0 Å². The van der Waals surface area contributed by atoms with Gasteiger partial charge in [0.15, 0.2) is 5.96 Å². The third kappa shape index (κ3) is 5.08. The van der Waals surface area contributed by atoms with Crippen LogP contribution in [-0.4, -0.2) is 74.3 Å². The van der Waals surface area contributed by atoms with Gasteiger partial charge >= 0.3 is 0 Å². The Balaban J connectivity index is 1.63. The molecule has 2 fully saturated rings. The Morgan fingerprint density at radius 3 is 2.56 bits per heavy atom. The molecule has 2 aliphatic heterocycles. The fourth-order valence-electron chi connectivity index (χ4n) is 3.68. The molecular formula is C20H31FN4OS. The van der Waals surface area contributed by atoms with Crippen LogP contribution in [0.4, 0.5) is 10.1 Å². The molecule has 5 nitrogen and oxygen atoms in total. The van der Waals surface area contributed by atoms with Gasteiger partial charge in [-0.05, 0) is 38.2 Å². The fraction of sp³-hybridized carbons (Fsp3) is 0.650. The van der Waals surface area contributed by atoms with Gasteiger partial charge in [0, 0.05) is 50.7 Å². The summed E-state index contributed by atoms with van der Waals surface area (Å²) in [5.74, 6) is 0.832. The van der Waals surface area contributed by atoms with Crippen LogP contribution in [0.25, 0.3) is 0 Å². The number of para-hydroxylation sites is 1. The van der Waals surface area contributed by atoms with Crippen LogP contribution >= 0.6 is 11.8 Å². The molecule has 0 aromatic heterocycles. The van der Waals surface area contributed by atoms with Crippen LogP contribution in [0.3, 0.4) is 0 Å². The first-order valence-corrected chi connectivity index (χ1v) is 11.1. The average molecular weight is 395 g/mol. The minimum Gasteiger partial charge on any atom is -0.381 e. The smallest absolute Gasteiger partial charge is 0.194 e. The van der Waals surface area contributed by atoms with E-state index in [9.17, 15) is 4.39 Å². The second kappa shape index (κ2) is 9.64. The molecule has 2 saturated heterocycles. The Bertz CT molecular complexity index is 628. The zero-order valence-electron chi connectivity index (χ0n) is 16.4. The zero-order valence-corrected chi connectivity index (χ0v) is 17.2. The minimum absolute atomic E-state index is 0.145. The lowest BCUT2D eigenvalue weighted by atomic mass is 9.99. The Morgan fingerprint density at radius 1 is 1.22 bits per heavy atom. The third-order valence-corrected chi connectivity index (χ3v) is 6.86. The number of hydrogen-bond acceptors (Lipinski definition) is 4. The second-order valence-electron chi connectivity index (χ2n) is 7.10. The first kappa shape index (κ1) is 20.3. The first-order valence-electron chi connectivity index (χ1n) is 9.83. The zero-order chi connectivity index (χ0) is 19.1. The number of guanidine groups is 1. The van der Waals surface area contributed by atoms with E-state index in [0.717, 1.165) is 71.3 Å². The van der Waals surface area contributed by atoms with Crippen molar-refractivity contribution in [1.82, 2.24) is 10.2 Å². The highest BCUT2D eigenvalue weighted by Gasteiger charge is 2.32.